The summed E-state index contributed by atoms with van der Waals surface area (Å²) in [4.78, 5) is 8.56. The number of halogens is 2. The van der Waals surface area contributed by atoms with Crippen molar-refractivity contribution in [1.82, 2.24) is 0 Å². The maximum atomic E-state index is 11.7. The first-order valence-electron chi connectivity index (χ1n) is 2.50. The van der Waals surface area contributed by atoms with Crippen LogP contribution in [-0.2, 0) is 0 Å². The second-order valence-electron chi connectivity index (χ2n) is 1.28. The third-order valence-corrected chi connectivity index (χ3v) is 0.482. The Labute approximate surface area is 62.3 Å². The number of hydrogen-bond donors (Lipinski definition) is 2. The van der Waals surface area contributed by atoms with Crippen LogP contribution in [0.5, 0.6) is 0 Å². The molecule has 64 valence electrons. The van der Waals surface area contributed by atoms with E-state index in [1.807, 2.05) is 0 Å². The number of carbonyl (C=O) groups is 1. The standard InChI is InChI=1S/C5H6F2.CH2O3/c1-2-5(7)3-4-6;2-1(3)4/h2-5H,1H2;(H2,2,3,4). The molecule has 0 aliphatic carbocycles. The highest BCUT2D eigenvalue weighted by atomic mass is 19.1. The highest BCUT2D eigenvalue weighted by Gasteiger charge is 1.88. The second-order valence-corrected chi connectivity index (χ2v) is 1.28. The fourth-order valence-electron chi connectivity index (χ4n) is 0.148. The van der Waals surface area contributed by atoms with E-state index in [1.54, 1.807) is 0 Å². The zero-order chi connectivity index (χ0) is 9.28. The minimum atomic E-state index is -1.83. The van der Waals surface area contributed by atoms with Crippen LogP contribution in [0, 0.1) is 0 Å². The van der Waals surface area contributed by atoms with Crippen LogP contribution in [0.1, 0.15) is 0 Å². The first-order chi connectivity index (χ1) is 5.04. The molecule has 0 saturated heterocycles. The molecule has 0 heterocycles. The topological polar surface area (TPSA) is 57.5 Å². The van der Waals surface area contributed by atoms with Crippen LogP contribution in [0.3, 0.4) is 0 Å². The minimum Gasteiger partial charge on any atom is -0.450 e. The molecule has 3 nitrogen and oxygen atoms in total. The van der Waals surface area contributed by atoms with Gasteiger partial charge in [-0.2, -0.15) is 0 Å². The van der Waals surface area contributed by atoms with E-state index in [2.05, 4.69) is 6.58 Å². The Balaban J connectivity index is 0. The van der Waals surface area contributed by atoms with Gasteiger partial charge in [0.2, 0.25) is 0 Å². The Morgan fingerprint density at radius 2 is 1.91 bits per heavy atom. The number of allylic oxidation sites excluding steroid dienone is 2. The van der Waals surface area contributed by atoms with Gasteiger partial charge in [0.05, 0.1) is 6.33 Å². The third-order valence-electron chi connectivity index (χ3n) is 0.482. The fourth-order valence-corrected chi connectivity index (χ4v) is 0.148. The Bertz CT molecular complexity index is 141. The van der Waals surface area contributed by atoms with Crippen molar-refractivity contribution in [2.24, 2.45) is 0 Å². The lowest BCUT2D eigenvalue weighted by molar-refractivity contribution is 0.137. The molecule has 0 aromatic rings. The van der Waals surface area contributed by atoms with E-state index in [4.69, 9.17) is 15.0 Å². The molecule has 5 heteroatoms. The zero-order valence-electron chi connectivity index (χ0n) is 5.58. The summed E-state index contributed by atoms with van der Waals surface area (Å²) in [6.45, 7) is 3.09. The monoisotopic (exact) mass is 166 g/mol. The Hall–Kier alpha value is -1.39. The summed E-state index contributed by atoms with van der Waals surface area (Å²) >= 11 is 0. The molecule has 0 aliphatic rings. The van der Waals surface area contributed by atoms with Crippen LogP contribution in [0.15, 0.2) is 25.1 Å². The molecule has 0 saturated carbocycles. The summed E-state index contributed by atoms with van der Waals surface area (Å²) in [5.74, 6) is 0. The summed E-state index contributed by atoms with van der Waals surface area (Å²) in [5.41, 5.74) is 0. The first kappa shape index (κ1) is 12.3. The number of alkyl halides is 1. The van der Waals surface area contributed by atoms with Gasteiger partial charge in [0.15, 0.2) is 0 Å². The van der Waals surface area contributed by atoms with Gasteiger partial charge in [-0.05, 0) is 6.08 Å². The lowest BCUT2D eigenvalue weighted by atomic mass is 10.4. The van der Waals surface area contributed by atoms with Gasteiger partial charge in [0.25, 0.3) is 0 Å². The largest absolute Gasteiger partial charge is 0.503 e. The molecule has 0 radical (unpaired) electrons. The van der Waals surface area contributed by atoms with E-state index >= 15 is 0 Å². The molecule has 11 heavy (non-hydrogen) atoms. The van der Waals surface area contributed by atoms with Crippen molar-refractivity contribution < 1.29 is 23.8 Å². The lowest BCUT2D eigenvalue weighted by Gasteiger charge is -1.84. The number of carboxylic acid groups (broad SMARTS) is 2. The highest BCUT2D eigenvalue weighted by Crippen LogP contribution is 1.92. The maximum absolute atomic E-state index is 11.7. The smallest absolute Gasteiger partial charge is 0.450 e. The minimum absolute atomic E-state index is 0.159. The Kier molecular flexibility index (Phi) is 9.63. The van der Waals surface area contributed by atoms with Crippen LogP contribution in [-0.4, -0.2) is 22.5 Å². The molecule has 0 aliphatic heterocycles. The Morgan fingerprint density at radius 3 is 2.00 bits per heavy atom. The Morgan fingerprint density at radius 1 is 1.55 bits per heavy atom. The predicted molar refractivity (Wildman–Crippen MR) is 36.0 cm³/mol. The van der Waals surface area contributed by atoms with Crippen molar-refractivity contribution in [3.8, 4) is 0 Å². The van der Waals surface area contributed by atoms with E-state index in [0.717, 1.165) is 12.2 Å². The SMILES string of the molecule is C=CC(F)C=CF.O=C(O)O. The molecule has 0 rings (SSSR count). The molecule has 0 spiro atoms. The molecule has 0 aromatic carbocycles. The van der Waals surface area contributed by atoms with Crippen molar-refractivity contribution in [2.75, 3.05) is 0 Å². The van der Waals surface area contributed by atoms with Gasteiger partial charge in [0, 0.05) is 0 Å². The quantitative estimate of drug-likeness (QED) is 0.618. The predicted octanol–water partition coefficient (Wildman–Crippen LogP) is 2.22. The molecule has 1 atom stereocenters. The van der Waals surface area contributed by atoms with Gasteiger partial charge in [-0.25, -0.2) is 13.6 Å². The second kappa shape index (κ2) is 8.61. The summed E-state index contributed by atoms with van der Waals surface area (Å²) < 4.78 is 22.6. The lowest BCUT2D eigenvalue weighted by Crippen LogP contribution is -1.83. The van der Waals surface area contributed by atoms with E-state index in [0.29, 0.717) is 0 Å². The summed E-state index contributed by atoms with van der Waals surface area (Å²) in [7, 11) is 0. The molecule has 0 aromatic heterocycles. The van der Waals surface area contributed by atoms with Gasteiger partial charge in [-0.1, -0.05) is 12.7 Å². The molecule has 0 bridgehead atoms. The van der Waals surface area contributed by atoms with Crippen molar-refractivity contribution in [3.63, 3.8) is 0 Å². The molecule has 2 N–H and O–H groups in total. The van der Waals surface area contributed by atoms with Gasteiger partial charge in [-0.3, -0.25) is 0 Å². The average Bonchev–Trinajstić information content (AvgIpc) is 1.87. The van der Waals surface area contributed by atoms with Crippen LogP contribution < -0.4 is 0 Å². The van der Waals surface area contributed by atoms with E-state index in [-0.39, 0.29) is 6.33 Å². The van der Waals surface area contributed by atoms with E-state index < -0.39 is 12.3 Å². The van der Waals surface area contributed by atoms with Crippen LogP contribution in [0.2, 0.25) is 0 Å². The van der Waals surface area contributed by atoms with Crippen molar-refractivity contribution in [3.05, 3.63) is 25.1 Å². The molecular formula is C6H8F2O3. The summed E-state index contributed by atoms with van der Waals surface area (Å²) in [6, 6.07) is 0. The summed E-state index contributed by atoms with van der Waals surface area (Å²) in [5, 5.41) is 13.9. The van der Waals surface area contributed by atoms with Crippen LogP contribution >= 0.6 is 0 Å². The van der Waals surface area contributed by atoms with Crippen LogP contribution in [0.25, 0.3) is 0 Å². The van der Waals surface area contributed by atoms with Gasteiger partial charge in [-0.15, -0.1) is 0 Å². The highest BCUT2D eigenvalue weighted by molar-refractivity contribution is 5.53. The van der Waals surface area contributed by atoms with E-state index in [1.165, 1.54) is 0 Å². The van der Waals surface area contributed by atoms with Crippen molar-refractivity contribution >= 4 is 6.16 Å². The number of hydrogen-bond acceptors (Lipinski definition) is 1. The van der Waals surface area contributed by atoms with Gasteiger partial charge >= 0.3 is 6.16 Å². The van der Waals surface area contributed by atoms with Crippen molar-refractivity contribution in [1.29, 1.82) is 0 Å². The van der Waals surface area contributed by atoms with E-state index in [9.17, 15) is 8.78 Å². The average molecular weight is 166 g/mol. The number of rotatable bonds is 2. The molecule has 0 amide bonds. The molecule has 0 fully saturated rings. The third kappa shape index (κ3) is 28.9. The first-order valence-corrected chi connectivity index (χ1v) is 2.50. The van der Waals surface area contributed by atoms with Gasteiger partial charge in [0.1, 0.15) is 6.17 Å². The summed E-state index contributed by atoms with van der Waals surface area (Å²) in [6.07, 6.45) is -1.24. The normalized spacial score (nSPS) is 11.5. The van der Waals surface area contributed by atoms with Crippen LogP contribution in [0.4, 0.5) is 13.6 Å². The van der Waals surface area contributed by atoms with Gasteiger partial charge < -0.3 is 10.2 Å². The fraction of sp³-hybridized carbons (Fsp3) is 0.167. The zero-order valence-corrected chi connectivity index (χ0v) is 5.58. The molecule has 1 unspecified atom stereocenters. The molecular weight excluding hydrogens is 158 g/mol. The van der Waals surface area contributed by atoms with Crippen molar-refractivity contribution in [2.45, 2.75) is 6.17 Å². The maximum Gasteiger partial charge on any atom is 0.503 e.